The van der Waals surface area contributed by atoms with Gasteiger partial charge in [-0.05, 0) is 11.5 Å². The number of rotatable bonds is 6. The van der Waals surface area contributed by atoms with E-state index in [-0.39, 0.29) is 0 Å². The van der Waals surface area contributed by atoms with Crippen molar-refractivity contribution < 1.29 is 0 Å². The molecule has 0 aliphatic rings. The predicted molar refractivity (Wildman–Crippen MR) is 66.8 cm³/mol. The molecule has 0 saturated heterocycles. The van der Waals surface area contributed by atoms with E-state index in [1.165, 1.54) is 23.5 Å². The fraction of sp³-hybridized carbons (Fsp3) is 0.667. The molecule has 0 saturated carbocycles. The van der Waals surface area contributed by atoms with Crippen LogP contribution in [0.1, 0.15) is 0 Å². The second-order valence-corrected chi connectivity index (χ2v) is 5.13. The van der Waals surface area contributed by atoms with Crippen molar-refractivity contribution in [3.8, 4) is 0 Å². The molecule has 0 fully saturated rings. The molecule has 0 aliphatic heterocycles. The normalized spacial score (nSPS) is 10.4. The van der Waals surface area contributed by atoms with Crippen LogP contribution in [0.2, 0.25) is 0 Å². The molecular weight excluding hydrogens is 256 g/mol. The molecule has 0 aliphatic carbocycles. The number of hydrogen-bond donors (Lipinski definition) is 2. The van der Waals surface area contributed by atoms with Gasteiger partial charge in [-0.2, -0.15) is 25.3 Å². The van der Waals surface area contributed by atoms with Crippen LogP contribution in [0.25, 0.3) is 0 Å². The Balaban J connectivity index is 2.42. The first kappa shape index (κ1) is 12.4. The molecule has 0 N–H and O–H groups in total. The molecule has 0 atom stereocenters. The minimum atomic E-state index is 0.606. The Morgan fingerprint density at radius 1 is 0.786 bits per heavy atom. The van der Waals surface area contributed by atoms with Gasteiger partial charge in [0.1, 0.15) is 0 Å². The van der Waals surface area contributed by atoms with Crippen LogP contribution in [0, 0.1) is 0 Å². The summed E-state index contributed by atoms with van der Waals surface area (Å²) in [6.07, 6.45) is 0. The summed E-state index contributed by atoms with van der Waals surface area (Å²) >= 11 is 11.2. The lowest BCUT2D eigenvalue weighted by molar-refractivity contribution is 0.666. The summed E-state index contributed by atoms with van der Waals surface area (Å²) < 4.78 is 0. The summed E-state index contributed by atoms with van der Waals surface area (Å²) in [6, 6.07) is 0. The SMILES string of the molecule is SCCSc1nnc(SCCS)nn1. The lowest BCUT2D eigenvalue weighted by Crippen LogP contribution is -1.98. The van der Waals surface area contributed by atoms with Gasteiger partial charge < -0.3 is 0 Å². The Bertz CT molecular complexity index is 228. The van der Waals surface area contributed by atoms with Gasteiger partial charge in [-0.1, -0.05) is 23.5 Å². The molecule has 1 aromatic heterocycles. The Hall–Kier alpha value is 0.340. The molecule has 0 bridgehead atoms. The predicted octanol–water partition coefficient (Wildman–Crippen LogP) is 1.31. The highest BCUT2D eigenvalue weighted by molar-refractivity contribution is 8.00. The van der Waals surface area contributed by atoms with Crippen LogP contribution in [0.4, 0.5) is 0 Å². The maximum Gasteiger partial charge on any atom is 0.230 e. The number of thiol groups is 2. The van der Waals surface area contributed by atoms with Gasteiger partial charge >= 0.3 is 0 Å². The fourth-order valence-corrected chi connectivity index (χ4v) is 2.09. The van der Waals surface area contributed by atoms with Gasteiger partial charge in [-0.3, -0.25) is 0 Å². The third kappa shape index (κ3) is 4.72. The van der Waals surface area contributed by atoms with Gasteiger partial charge in [0.2, 0.25) is 10.3 Å². The van der Waals surface area contributed by atoms with Crippen LogP contribution in [-0.4, -0.2) is 43.4 Å². The summed E-state index contributed by atoms with van der Waals surface area (Å²) in [5.41, 5.74) is 0. The van der Waals surface area contributed by atoms with Gasteiger partial charge in [0.15, 0.2) is 0 Å². The second kappa shape index (κ2) is 7.61. The molecule has 1 aromatic rings. The zero-order valence-corrected chi connectivity index (χ0v) is 10.8. The molecule has 4 nitrogen and oxygen atoms in total. The van der Waals surface area contributed by atoms with Crippen LogP contribution >= 0.6 is 48.8 Å². The van der Waals surface area contributed by atoms with Crippen LogP contribution in [0.3, 0.4) is 0 Å². The number of nitrogens with zero attached hydrogens (tertiary/aromatic N) is 4. The van der Waals surface area contributed by atoms with E-state index in [4.69, 9.17) is 0 Å². The first-order chi connectivity index (χ1) is 6.86. The Morgan fingerprint density at radius 3 is 1.43 bits per heavy atom. The van der Waals surface area contributed by atoms with E-state index in [9.17, 15) is 0 Å². The average Bonchev–Trinajstić information content (AvgIpc) is 2.25. The number of aromatic nitrogens is 4. The lowest BCUT2D eigenvalue weighted by Gasteiger charge is -1.97. The molecule has 0 spiro atoms. The molecule has 1 rings (SSSR count). The second-order valence-electron chi connectivity index (χ2n) is 2.11. The third-order valence-electron chi connectivity index (χ3n) is 1.09. The van der Waals surface area contributed by atoms with Crippen LogP contribution in [-0.2, 0) is 0 Å². The summed E-state index contributed by atoms with van der Waals surface area (Å²) in [6.45, 7) is 0. The summed E-state index contributed by atoms with van der Waals surface area (Å²) in [5.74, 6) is 3.33. The lowest BCUT2D eigenvalue weighted by atomic mass is 11.0. The van der Waals surface area contributed by atoms with Crippen molar-refractivity contribution in [2.75, 3.05) is 23.0 Å². The van der Waals surface area contributed by atoms with Crippen molar-refractivity contribution in [3.63, 3.8) is 0 Å². The standard InChI is InChI=1S/C6H10N4S4/c11-1-3-13-5-7-9-6(10-8-5)14-4-2-12/h11-12H,1-4H2. The van der Waals surface area contributed by atoms with E-state index < -0.39 is 0 Å². The van der Waals surface area contributed by atoms with Crippen molar-refractivity contribution in [1.82, 2.24) is 20.4 Å². The van der Waals surface area contributed by atoms with Crippen molar-refractivity contribution in [2.45, 2.75) is 10.3 Å². The van der Waals surface area contributed by atoms with E-state index >= 15 is 0 Å². The molecule has 78 valence electrons. The van der Waals surface area contributed by atoms with Crippen LogP contribution in [0.5, 0.6) is 0 Å². The van der Waals surface area contributed by atoms with Crippen molar-refractivity contribution >= 4 is 48.8 Å². The average molecular weight is 266 g/mol. The van der Waals surface area contributed by atoms with Crippen molar-refractivity contribution in [3.05, 3.63) is 0 Å². The maximum atomic E-state index is 4.09. The van der Waals surface area contributed by atoms with Gasteiger partial charge in [0, 0.05) is 11.5 Å². The third-order valence-corrected chi connectivity index (χ3v) is 3.80. The number of hydrogen-bond acceptors (Lipinski definition) is 8. The quantitative estimate of drug-likeness (QED) is 0.598. The Kier molecular flexibility index (Phi) is 6.74. The van der Waals surface area contributed by atoms with Gasteiger partial charge in [0.05, 0.1) is 0 Å². The van der Waals surface area contributed by atoms with Crippen LogP contribution < -0.4 is 0 Å². The van der Waals surface area contributed by atoms with Crippen molar-refractivity contribution in [2.24, 2.45) is 0 Å². The monoisotopic (exact) mass is 266 g/mol. The smallest absolute Gasteiger partial charge is 0.178 e. The molecule has 0 amide bonds. The van der Waals surface area contributed by atoms with Crippen molar-refractivity contribution in [1.29, 1.82) is 0 Å². The van der Waals surface area contributed by atoms with E-state index in [1.54, 1.807) is 0 Å². The molecule has 1 heterocycles. The van der Waals surface area contributed by atoms with Crippen LogP contribution in [0.15, 0.2) is 10.3 Å². The summed E-state index contributed by atoms with van der Waals surface area (Å²) in [4.78, 5) is 0. The van der Waals surface area contributed by atoms with E-state index in [2.05, 4.69) is 45.7 Å². The zero-order chi connectivity index (χ0) is 10.2. The fourth-order valence-electron chi connectivity index (χ4n) is 0.600. The molecule has 0 unspecified atom stereocenters. The van der Waals surface area contributed by atoms with Gasteiger partial charge in [-0.15, -0.1) is 20.4 Å². The minimum absolute atomic E-state index is 0.606. The molecule has 0 aromatic carbocycles. The summed E-state index contributed by atoms with van der Waals surface area (Å²) in [5, 5.41) is 16.9. The zero-order valence-electron chi connectivity index (χ0n) is 7.33. The van der Waals surface area contributed by atoms with E-state index in [0.29, 0.717) is 10.3 Å². The van der Waals surface area contributed by atoms with E-state index in [1.807, 2.05) is 0 Å². The molecule has 14 heavy (non-hydrogen) atoms. The largest absolute Gasteiger partial charge is 0.230 e. The van der Waals surface area contributed by atoms with E-state index in [0.717, 1.165) is 23.0 Å². The Morgan fingerprint density at radius 2 is 1.14 bits per heavy atom. The highest BCUT2D eigenvalue weighted by Gasteiger charge is 2.01. The minimum Gasteiger partial charge on any atom is -0.178 e. The molecular formula is C6H10N4S4. The summed E-state index contributed by atoms with van der Waals surface area (Å²) in [7, 11) is 0. The Labute approximate surface area is 102 Å². The first-order valence-corrected chi connectivity index (χ1v) is 7.15. The molecule has 0 radical (unpaired) electrons. The first-order valence-electron chi connectivity index (χ1n) is 3.91. The maximum absolute atomic E-state index is 4.09. The van der Waals surface area contributed by atoms with Gasteiger partial charge in [0.25, 0.3) is 0 Å². The highest BCUT2D eigenvalue weighted by Crippen LogP contribution is 2.13. The topological polar surface area (TPSA) is 51.6 Å². The highest BCUT2D eigenvalue weighted by atomic mass is 32.2. The van der Waals surface area contributed by atoms with Gasteiger partial charge in [-0.25, -0.2) is 0 Å². The molecule has 8 heteroatoms. The number of thioether (sulfide) groups is 2.